The van der Waals surface area contributed by atoms with Crippen LogP contribution in [0.2, 0.25) is 0 Å². The largest absolute Gasteiger partial charge is 0.380 e. The van der Waals surface area contributed by atoms with E-state index in [1.807, 2.05) is 13.1 Å². The highest BCUT2D eigenvalue weighted by Gasteiger charge is 2.00. The van der Waals surface area contributed by atoms with E-state index in [0.29, 0.717) is 6.61 Å². The molecule has 0 radical (unpaired) electrons. The molecule has 1 aromatic heterocycles. The molecule has 0 aliphatic heterocycles. The van der Waals surface area contributed by atoms with E-state index in [4.69, 9.17) is 4.74 Å². The number of aryl methyl sites for hydroxylation is 1. The summed E-state index contributed by atoms with van der Waals surface area (Å²) in [5.74, 6) is 0.905. The van der Waals surface area contributed by atoms with Gasteiger partial charge in [-0.1, -0.05) is 29.5 Å². The zero-order valence-corrected chi connectivity index (χ0v) is 10.1. The van der Waals surface area contributed by atoms with Gasteiger partial charge in [0.25, 0.3) is 0 Å². The minimum Gasteiger partial charge on any atom is -0.380 e. The zero-order chi connectivity index (χ0) is 12.1. The first-order valence-corrected chi connectivity index (χ1v) is 5.45. The van der Waals surface area contributed by atoms with Crippen LogP contribution in [-0.4, -0.2) is 22.1 Å². The summed E-state index contributed by atoms with van der Waals surface area (Å²) in [6, 6.07) is 8.29. The quantitative estimate of drug-likeness (QED) is 0.850. The van der Waals surface area contributed by atoms with Crippen molar-refractivity contribution in [2.75, 3.05) is 12.4 Å². The SMILES string of the molecule is COCc1cccc(CNc2cnnn2C)c1. The maximum Gasteiger partial charge on any atom is 0.144 e. The van der Waals surface area contributed by atoms with Crippen LogP contribution in [0.5, 0.6) is 0 Å². The molecule has 17 heavy (non-hydrogen) atoms. The lowest BCUT2D eigenvalue weighted by molar-refractivity contribution is 0.185. The van der Waals surface area contributed by atoms with Crippen molar-refractivity contribution in [3.63, 3.8) is 0 Å². The van der Waals surface area contributed by atoms with Crippen molar-refractivity contribution in [3.8, 4) is 0 Å². The lowest BCUT2D eigenvalue weighted by Crippen LogP contribution is -2.04. The summed E-state index contributed by atoms with van der Waals surface area (Å²) in [5.41, 5.74) is 2.38. The number of aromatic nitrogens is 3. The Labute approximate surface area is 100 Å². The Morgan fingerprint density at radius 2 is 2.18 bits per heavy atom. The van der Waals surface area contributed by atoms with Crippen molar-refractivity contribution in [1.82, 2.24) is 15.0 Å². The number of nitrogens with one attached hydrogen (secondary N) is 1. The second-order valence-corrected chi connectivity index (χ2v) is 3.85. The van der Waals surface area contributed by atoms with Crippen molar-refractivity contribution in [2.45, 2.75) is 13.2 Å². The van der Waals surface area contributed by atoms with Crippen LogP contribution in [0.4, 0.5) is 5.82 Å². The second kappa shape index (κ2) is 5.45. The van der Waals surface area contributed by atoms with Gasteiger partial charge in [0.2, 0.25) is 0 Å². The lowest BCUT2D eigenvalue weighted by Gasteiger charge is -2.07. The average molecular weight is 232 g/mol. The number of nitrogens with zero attached hydrogens (tertiary/aromatic N) is 3. The monoisotopic (exact) mass is 232 g/mol. The van der Waals surface area contributed by atoms with Gasteiger partial charge in [-0.15, -0.1) is 5.10 Å². The normalized spacial score (nSPS) is 10.5. The van der Waals surface area contributed by atoms with Gasteiger partial charge in [-0.25, -0.2) is 4.68 Å². The molecule has 0 bridgehead atoms. The number of benzene rings is 1. The van der Waals surface area contributed by atoms with Gasteiger partial charge < -0.3 is 10.1 Å². The number of methoxy groups -OCH3 is 1. The first kappa shape index (κ1) is 11.6. The maximum atomic E-state index is 5.11. The van der Waals surface area contributed by atoms with Crippen LogP contribution in [0, 0.1) is 0 Å². The number of anilines is 1. The molecular formula is C12H16N4O. The van der Waals surface area contributed by atoms with Gasteiger partial charge in [-0.3, -0.25) is 0 Å². The number of rotatable bonds is 5. The summed E-state index contributed by atoms with van der Waals surface area (Å²) >= 11 is 0. The fraction of sp³-hybridized carbons (Fsp3) is 0.333. The first-order chi connectivity index (χ1) is 8.29. The van der Waals surface area contributed by atoms with Crippen LogP contribution in [0.25, 0.3) is 0 Å². The third-order valence-corrected chi connectivity index (χ3v) is 2.49. The van der Waals surface area contributed by atoms with Gasteiger partial charge in [0.05, 0.1) is 12.8 Å². The number of hydrogen-bond acceptors (Lipinski definition) is 4. The second-order valence-electron chi connectivity index (χ2n) is 3.85. The van der Waals surface area contributed by atoms with E-state index in [2.05, 4.69) is 33.8 Å². The van der Waals surface area contributed by atoms with E-state index in [0.717, 1.165) is 12.4 Å². The molecule has 0 aliphatic rings. The highest BCUT2D eigenvalue weighted by atomic mass is 16.5. The Hall–Kier alpha value is -1.88. The van der Waals surface area contributed by atoms with Gasteiger partial charge >= 0.3 is 0 Å². The molecule has 5 nitrogen and oxygen atoms in total. The summed E-state index contributed by atoms with van der Waals surface area (Å²) in [5, 5.41) is 10.9. The van der Waals surface area contributed by atoms with Crippen molar-refractivity contribution < 1.29 is 4.74 Å². The average Bonchev–Trinajstić information content (AvgIpc) is 2.73. The zero-order valence-electron chi connectivity index (χ0n) is 10.1. The third-order valence-electron chi connectivity index (χ3n) is 2.49. The molecule has 0 fully saturated rings. The predicted octanol–water partition coefficient (Wildman–Crippen LogP) is 1.57. The van der Waals surface area contributed by atoms with Crippen molar-refractivity contribution in [2.24, 2.45) is 7.05 Å². The molecule has 1 aromatic carbocycles. The Bertz CT molecular complexity index is 481. The van der Waals surface area contributed by atoms with E-state index in [1.165, 1.54) is 11.1 Å². The Balaban J connectivity index is 1.99. The summed E-state index contributed by atoms with van der Waals surface area (Å²) in [4.78, 5) is 0. The smallest absolute Gasteiger partial charge is 0.144 e. The molecule has 5 heteroatoms. The molecule has 0 saturated heterocycles. The number of hydrogen-bond donors (Lipinski definition) is 1. The minimum atomic E-state index is 0.640. The fourth-order valence-corrected chi connectivity index (χ4v) is 1.64. The van der Waals surface area contributed by atoms with Gasteiger partial charge in [0.1, 0.15) is 5.82 Å². The molecule has 1 N–H and O–H groups in total. The molecule has 0 amide bonds. The molecule has 0 atom stereocenters. The maximum absolute atomic E-state index is 5.11. The van der Waals surface area contributed by atoms with Gasteiger partial charge in [-0.05, 0) is 11.1 Å². The minimum absolute atomic E-state index is 0.640. The fourth-order valence-electron chi connectivity index (χ4n) is 1.64. The Morgan fingerprint density at radius 3 is 2.88 bits per heavy atom. The molecule has 0 unspecified atom stereocenters. The van der Waals surface area contributed by atoms with E-state index in [9.17, 15) is 0 Å². The summed E-state index contributed by atoms with van der Waals surface area (Å²) in [6.07, 6.45) is 1.71. The topological polar surface area (TPSA) is 52.0 Å². The van der Waals surface area contributed by atoms with E-state index >= 15 is 0 Å². The highest BCUT2D eigenvalue weighted by Crippen LogP contribution is 2.09. The Kier molecular flexibility index (Phi) is 3.72. The van der Waals surface area contributed by atoms with E-state index in [1.54, 1.807) is 18.0 Å². The van der Waals surface area contributed by atoms with Crippen LogP contribution >= 0.6 is 0 Å². The summed E-state index contributed by atoms with van der Waals surface area (Å²) in [7, 11) is 3.56. The molecule has 0 aliphatic carbocycles. The predicted molar refractivity (Wildman–Crippen MR) is 65.5 cm³/mol. The standard InChI is InChI=1S/C12H16N4O/c1-16-12(8-14-15-16)13-7-10-4-3-5-11(6-10)9-17-2/h3-6,8,13H,7,9H2,1-2H3. The van der Waals surface area contributed by atoms with Gasteiger partial charge in [0.15, 0.2) is 0 Å². The molecule has 2 aromatic rings. The number of ether oxygens (including phenoxy) is 1. The van der Waals surface area contributed by atoms with Gasteiger partial charge in [-0.2, -0.15) is 0 Å². The van der Waals surface area contributed by atoms with Crippen LogP contribution in [0.15, 0.2) is 30.5 Å². The van der Waals surface area contributed by atoms with Crippen LogP contribution < -0.4 is 5.32 Å². The van der Waals surface area contributed by atoms with Crippen LogP contribution in [-0.2, 0) is 24.9 Å². The van der Waals surface area contributed by atoms with E-state index in [-0.39, 0.29) is 0 Å². The summed E-state index contributed by atoms with van der Waals surface area (Å²) in [6.45, 7) is 1.39. The third kappa shape index (κ3) is 3.04. The molecular weight excluding hydrogens is 216 g/mol. The van der Waals surface area contributed by atoms with Crippen LogP contribution in [0.3, 0.4) is 0 Å². The summed E-state index contributed by atoms with van der Waals surface area (Å²) < 4.78 is 6.82. The van der Waals surface area contributed by atoms with E-state index < -0.39 is 0 Å². The van der Waals surface area contributed by atoms with Crippen molar-refractivity contribution in [1.29, 1.82) is 0 Å². The van der Waals surface area contributed by atoms with Crippen molar-refractivity contribution >= 4 is 5.82 Å². The van der Waals surface area contributed by atoms with Crippen molar-refractivity contribution in [3.05, 3.63) is 41.6 Å². The molecule has 2 rings (SSSR count). The Morgan fingerprint density at radius 1 is 1.35 bits per heavy atom. The molecule has 1 heterocycles. The van der Waals surface area contributed by atoms with Gasteiger partial charge in [0, 0.05) is 20.7 Å². The molecule has 0 saturated carbocycles. The van der Waals surface area contributed by atoms with Crippen LogP contribution in [0.1, 0.15) is 11.1 Å². The molecule has 90 valence electrons. The molecule has 0 spiro atoms. The highest BCUT2D eigenvalue weighted by molar-refractivity contribution is 5.33. The lowest BCUT2D eigenvalue weighted by atomic mass is 10.1. The first-order valence-electron chi connectivity index (χ1n) is 5.45.